The van der Waals surface area contributed by atoms with E-state index in [-0.39, 0.29) is 11.7 Å². The van der Waals surface area contributed by atoms with Crippen molar-refractivity contribution in [2.75, 3.05) is 11.9 Å². The Kier molecular flexibility index (Phi) is 6.81. The fourth-order valence-corrected chi connectivity index (χ4v) is 3.88. The quantitative estimate of drug-likeness (QED) is 0.464. The molecule has 4 nitrogen and oxygen atoms in total. The lowest BCUT2D eigenvalue weighted by atomic mass is 10.2. The Hall–Kier alpha value is -2.52. The molecule has 0 bridgehead atoms. The molecule has 0 aliphatic rings. The van der Waals surface area contributed by atoms with Crippen molar-refractivity contribution >= 4 is 34.7 Å². The molecule has 0 aliphatic heterocycles. The number of thiazole rings is 1. The molecule has 9 heteroatoms. The number of nitrogens with zero attached hydrogens (tertiary/aromatic N) is 1. The summed E-state index contributed by atoms with van der Waals surface area (Å²) in [5.41, 5.74) is 1.82. The Morgan fingerprint density at radius 3 is 2.62 bits per heavy atom. The third-order valence-corrected chi connectivity index (χ3v) is 5.53. The van der Waals surface area contributed by atoms with Crippen LogP contribution in [-0.2, 0) is 5.75 Å². The number of rotatable bonds is 7. The maximum Gasteiger partial charge on any atom is 0.422 e. The van der Waals surface area contributed by atoms with Crippen LogP contribution in [0, 0.1) is 6.92 Å². The number of aromatic nitrogens is 1. The normalized spacial score (nSPS) is 11.3. The molecule has 0 radical (unpaired) electrons. The molecular weight excluding hydrogens is 421 g/mol. The van der Waals surface area contributed by atoms with Crippen molar-refractivity contribution in [3.8, 4) is 5.75 Å². The highest BCUT2D eigenvalue weighted by Gasteiger charge is 2.28. The van der Waals surface area contributed by atoms with Crippen LogP contribution in [0.15, 0.2) is 58.8 Å². The Morgan fingerprint density at radius 1 is 1.21 bits per heavy atom. The van der Waals surface area contributed by atoms with Crippen LogP contribution in [0.4, 0.5) is 18.9 Å². The number of carbonyl (C=O) groups excluding carboxylic acids is 1. The number of thioether (sulfide) groups is 1. The van der Waals surface area contributed by atoms with Crippen LogP contribution in [0.1, 0.15) is 21.1 Å². The third kappa shape index (κ3) is 6.79. The summed E-state index contributed by atoms with van der Waals surface area (Å²) in [6.07, 6.45) is -4.42. The van der Waals surface area contributed by atoms with Gasteiger partial charge in [-0.15, -0.1) is 23.1 Å². The number of alkyl halides is 3. The second-order valence-corrected chi connectivity index (χ2v) is 8.17. The highest BCUT2D eigenvalue weighted by molar-refractivity contribution is 7.98. The lowest BCUT2D eigenvalue weighted by Gasteiger charge is -2.11. The minimum Gasteiger partial charge on any atom is -0.484 e. The molecule has 1 aromatic heterocycles. The molecule has 0 atom stereocenters. The minimum absolute atomic E-state index is 0.0316. The first kappa shape index (κ1) is 21.2. The van der Waals surface area contributed by atoms with Gasteiger partial charge in [0.25, 0.3) is 5.91 Å². The molecule has 0 saturated carbocycles. The fourth-order valence-electron chi connectivity index (χ4n) is 2.37. The molecule has 0 fully saturated rings. The summed E-state index contributed by atoms with van der Waals surface area (Å²) in [4.78, 5) is 17.8. The number of hydrogen-bond acceptors (Lipinski definition) is 5. The highest BCUT2D eigenvalue weighted by Crippen LogP contribution is 2.25. The van der Waals surface area contributed by atoms with E-state index in [0.717, 1.165) is 21.3 Å². The van der Waals surface area contributed by atoms with Gasteiger partial charge < -0.3 is 10.1 Å². The van der Waals surface area contributed by atoms with Crippen molar-refractivity contribution in [2.24, 2.45) is 0 Å². The lowest BCUT2D eigenvalue weighted by Crippen LogP contribution is -2.19. The van der Waals surface area contributed by atoms with E-state index in [1.165, 1.54) is 18.2 Å². The van der Waals surface area contributed by atoms with Crippen LogP contribution in [0.2, 0.25) is 0 Å². The predicted octanol–water partition coefficient (Wildman–Crippen LogP) is 5.94. The number of aryl methyl sites for hydroxylation is 1. The van der Waals surface area contributed by atoms with Crippen molar-refractivity contribution in [3.05, 3.63) is 70.2 Å². The van der Waals surface area contributed by atoms with Gasteiger partial charge in [0.2, 0.25) is 0 Å². The van der Waals surface area contributed by atoms with Crippen molar-refractivity contribution in [1.29, 1.82) is 0 Å². The Bertz CT molecular complexity index is 972. The van der Waals surface area contributed by atoms with E-state index in [0.29, 0.717) is 11.3 Å². The van der Waals surface area contributed by atoms with Gasteiger partial charge in [-0.1, -0.05) is 6.07 Å². The van der Waals surface area contributed by atoms with E-state index >= 15 is 0 Å². The van der Waals surface area contributed by atoms with Gasteiger partial charge in [-0.2, -0.15) is 13.2 Å². The predicted molar refractivity (Wildman–Crippen MR) is 109 cm³/mol. The van der Waals surface area contributed by atoms with Gasteiger partial charge in [0, 0.05) is 33.3 Å². The molecule has 29 heavy (non-hydrogen) atoms. The second kappa shape index (κ2) is 9.32. The summed E-state index contributed by atoms with van der Waals surface area (Å²) < 4.78 is 41.5. The SMILES string of the molecule is Cc1nc(CSc2ccc(C(=O)Nc3cccc(OCC(F)(F)F)c3)cc2)cs1. The lowest BCUT2D eigenvalue weighted by molar-refractivity contribution is -0.153. The summed E-state index contributed by atoms with van der Waals surface area (Å²) in [5, 5.41) is 5.71. The summed E-state index contributed by atoms with van der Waals surface area (Å²) in [6, 6.07) is 13.0. The molecule has 3 rings (SSSR count). The highest BCUT2D eigenvalue weighted by atomic mass is 32.2. The molecule has 152 valence electrons. The zero-order valence-electron chi connectivity index (χ0n) is 15.3. The van der Waals surface area contributed by atoms with E-state index in [4.69, 9.17) is 4.74 Å². The van der Waals surface area contributed by atoms with Crippen molar-refractivity contribution in [2.45, 2.75) is 23.7 Å². The van der Waals surface area contributed by atoms with Gasteiger partial charge in [0.1, 0.15) is 5.75 Å². The Morgan fingerprint density at radius 2 is 1.97 bits per heavy atom. The molecule has 1 heterocycles. The summed E-state index contributed by atoms with van der Waals surface area (Å²) in [5.74, 6) is 0.425. The minimum atomic E-state index is -4.42. The number of nitrogens with one attached hydrogen (secondary N) is 1. The first-order valence-corrected chi connectivity index (χ1v) is 10.4. The van der Waals surface area contributed by atoms with E-state index in [1.807, 2.05) is 24.4 Å². The van der Waals surface area contributed by atoms with Crippen molar-refractivity contribution < 1.29 is 22.7 Å². The van der Waals surface area contributed by atoms with Gasteiger partial charge in [-0.3, -0.25) is 4.79 Å². The van der Waals surface area contributed by atoms with Gasteiger partial charge in [0.15, 0.2) is 6.61 Å². The maximum absolute atomic E-state index is 12.4. The zero-order valence-corrected chi connectivity index (χ0v) is 17.0. The number of halogens is 3. The van der Waals surface area contributed by atoms with Crippen LogP contribution in [0.3, 0.4) is 0 Å². The van der Waals surface area contributed by atoms with Gasteiger partial charge in [-0.25, -0.2) is 4.98 Å². The van der Waals surface area contributed by atoms with E-state index < -0.39 is 12.8 Å². The van der Waals surface area contributed by atoms with Crippen LogP contribution in [0.25, 0.3) is 0 Å². The molecule has 0 unspecified atom stereocenters. The molecular formula is C20H17F3N2O2S2. The maximum atomic E-state index is 12.4. The third-order valence-electron chi connectivity index (χ3n) is 3.66. The topological polar surface area (TPSA) is 51.2 Å². The monoisotopic (exact) mass is 438 g/mol. The van der Waals surface area contributed by atoms with E-state index in [9.17, 15) is 18.0 Å². The Balaban J connectivity index is 1.56. The van der Waals surface area contributed by atoms with Gasteiger partial charge in [-0.05, 0) is 43.3 Å². The first-order chi connectivity index (χ1) is 13.8. The molecule has 0 aliphatic carbocycles. The first-order valence-electron chi connectivity index (χ1n) is 8.53. The van der Waals surface area contributed by atoms with Crippen LogP contribution < -0.4 is 10.1 Å². The van der Waals surface area contributed by atoms with E-state index in [2.05, 4.69) is 10.3 Å². The number of ether oxygens (including phenoxy) is 1. The molecule has 0 saturated heterocycles. The number of amides is 1. The average molecular weight is 438 g/mol. The smallest absolute Gasteiger partial charge is 0.422 e. The Labute approximate surface area is 174 Å². The van der Waals surface area contributed by atoms with Crippen LogP contribution >= 0.6 is 23.1 Å². The second-order valence-electron chi connectivity index (χ2n) is 6.06. The molecule has 0 spiro atoms. The largest absolute Gasteiger partial charge is 0.484 e. The number of carbonyl (C=O) groups is 1. The van der Waals surface area contributed by atoms with Crippen molar-refractivity contribution in [3.63, 3.8) is 0 Å². The van der Waals surface area contributed by atoms with Crippen molar-refractivity contribution in [1.82, 2.24) is 4.98 Å². The number of hydrogen-bond donors (Lipinski definition) is 1. The summed E-state index contributed by atoms with van der Waals surface area (Å²) in [7, 11) is 0. The molecule has 1 amide bonds. The van der Waals surface area contributed by atoms with Crippen LogP contribution in [0.5, 0.6) is 5.75 Å². The molecule has 1 N–H and O–H groups in total. The standard InChI is InChI=1S/C20H17F3N2O2S2/c1-13-24-16(10-28-13)11-29-18-7-5-14(6-8-18)19(26)25-15-3-2-4-17(9-15)27-12-20(21,22)23/h2-10H,11-12H2,1H3,(H,25,26). The summed E-state index contributed by atoms with van der Waals surface area (Å²) in [6.45, 7) is 0.578. The van der Waals surface area contributed by atoms with Gasteiger partial charge in [0.05, 0.1) is 10.7 Å². The fraction of sp³-hybridized carbons (Fsp3) is 0.200. The summed E-state index contributed by atoms with van der Waals surface area (Å²) >= 11 is 3.23. The molecule has 3 aromatic rings. The zero-order chi connectivity index (χ0) is 20.9. The molecule has 2 aromatic carbocycles. The van der Waals surface area contributed by atoms with E-state index in [1.54, 1.807) is 41.3 Å². The number of benzene rings is 2. The average Bonchev–Trinajstić information content (AvgIpc) is 3.10. The number of anilines is 1. The van der Waals surface area contributed by atoms with Crippen LogP contribution in [-0.4, -0.2) is 23.7 Å². The van der Waals surface area contributed by atoms with Gasteiger partial charge >= 0.3 is 6.18 Å².